The van der Waals surface area contributed by atoms with Crippen molar-refractivity contribution in [1.82, 2.24) is 10.9 Å². The molecule has 0 bridgehead atoms. The summed E-state index contributed by atoms with van der Waals surface area (Å²) >= 11 is 0. The number of amides is 2. The highest BCUT2D eigenvalue weighted by Gasteiger charge is 2.06. The molecule has 1 unspecified atom stereocenters. The minimum Gasteiger partial charge on any atom is -0.322 e. The largest absolute Gasteiger partial charge is 0.322 e. The van der Waals surface area contributed by atoms with E-state index < -0.39 is 17.9 Å². The molecule has 0 saturated carbocycles. The van der Waals surface area contributed by atoms with Crippen molar-refractivity contribution in [2.75, 3.05) is 6.54 Å². The van der Waals surface area contributed by atoms with Crippen molar-refractivity contribution in [3.63, 3.8) is 0 Å². The van der Waals surface area contributed by atoms with Crippen LogP contribution in [0.5, 0.6) is 0 Å². The van der Waals surface area contributed by atoms with Crippen molar-refractivity contribution in [1.29, 1.82) is 0 Å². The van der Waals surface area contributed by atoms with E-state index in [1.807, 2.05) is 0 Å². The minimum absolute atomic E-state index is 0.167. The third-order valence-corrected chi connectivity index (χ3v) is 0.924. The Balaban J connectivity index is 3.54. The first-order valence-electron chi connectivity index (χ1n) is 3.12. The van der Waals surface area contributed by atoms with E-state index in [4.69, 9.17) is 11.5 Å². The molecular weight excluding hydrogens is 148 g/mol. The normalized spacial score (nSPS) is 11.9. The van der Waals surface area contributed by atoms with Gasteiger partial charge in [-0.2, -0.15) is 0 Å². The average Bonchev–Trinajstić information content (AvgIpc) is 1.99. The lowest BCUT2D eigenvalue weighted by molar-refractivity contribution is -0.128. The number of nitrogens with two attached hydrogens (primary N) is 2. The molecule has 64 valence electrons. The number of carbonyl (C=O) groups excluding carboxylic acids is 2. The van der Waals surface area contributed by atoms with Crippen molar-refractivity contribution in [2.24, 2.45) is 11.5 Å². The Morgan fingerprint density at radius 3 is 2.36 bits per heavy atom. The number of carbonyl (C=O) groups is 2. The van der Waals surface area contributed by atoms with Gasteiger partial charge >= 0.3 is 0 Å². The van der Waals surface area contributed by atoms with Gasteiger partial charge in [-0.1, -0.05) is 0 Å². The molecular formula is C5H12N4O2. The van der Waals surface area contributed by atoms with Crippen LogP contribution in [0.25, 0.3) is 0 Å². The summed E-state index contributed by atoms with van der Waals surface area (Å²) < 4.78 is 0. The number of nitrogens with one attached hydrogen (secondary N) is 2. The molecule has 0 radical (unpaired) electrons. The monoisotopic (exact) mass is 160 g/mol. The van der Waals surface area contributed by atoms with Crippen LogP contribution in [0.15, 0.2) is 0 Å². The Hall–Kier alpha value is -1.14. The first-order valence-corrected chi connectivity index (χ1v) is 3.12. The lowest BCUT2D eigenvalue weighted by Crippen LogP contribution is -2.49. The maximum absolute atomic E-state index is 10.7. The van der Waals surface area contributed by atoms with E-state index in [9.17, 15) is 9.59 Å². The fraction of sp³-hybridized carbons (Fsp3) is 0.600. The van der Waals surface area contributed by atoms with Crippen LogP contribution >= 0.6 is 0 Å². The van der Waals surface area contributed by atoms with Gasteiger partial charge in [0.05, 0.1) is 12.6 Å². The summed E-state index contributed by atoms with van der Waals surface area (Å²) in [4.78, 5) is 21.1. The molecule has 0 aromatic heterocycles. The van der Waals surface area contributed by atoms with E-state index in [2.05, 4.69) is 10.9 Å². The molecule has 2 amide bonds. The van der Waals surface area contributed by atoms with Gasteiger partial charge in [0.1, 0.15) is 0 Å². The fourth-order valence-corrected chi connectivity index (χ4v) is 0.296. The molecule has 0 aromatic carbocycles. The van der Waals surface area contributed by atoms with Crippen molar-refractivity contribution in [2.45, 2.75) is 13.0 Å². The highest BCUT2D eigenvalue weighted by atomic mass is 16.2. The molecule has 0 aliphatic rings. The standard InChI is InChI=1S/C5H12N4O2/c1-3(7)5(11)9-8-4(10)2-6/h3H,2,6-7H2,1H3,(H,8,10)(H,9,11). The summed E-state index contributed by atoms with van der Waals surface area (Å²) in [7, 11) is 0. The van der Waals surface area contributed by atoms with Crippen LogP contribution < -0.4 is 22.3 Å². The Morgan fingerprint density at radius 2 is 2.00 bits per heavy atom. The van der Waals surface area contributed by atoms with E-state index in [1.165, 1.54) is 6.92 Å². The molecule has 6 nitrogen and oxygen atoms in total. The van der Waals surface area contributed by atoms with Crippen LogP contribution in [0, 0.1) is 0 Å². The number of rotatable bonds is 2. The van der Waals surface area contributed by atoms with Gasteiger partial charge in [-0.25, -0.2) is 0 Å². The SMILES string of the molecule is CC(N)C(=O)NNC(=O)CN. The maximum atomic E-state index is 10.7. The molecule has 11 heavy (non-hydrogen) atoms. The predicted octanol–water partition coefficient (Wildman–Crippen LogP) is -2.56. The third kappa shape index (κ3) is 4.29. The van der Waals surface area contributed by atoms with Gasteiger partial charge in [0.2, 0.25) is 0 Å². The summed E-state index contributed by atoms with van der Waals surface area (Å²) in [5, 5.41) is 0. The fourth-order valence-electron chi connectivity index (χ4n) is 0.296. The van der Waals surface area contributed by atoms with Crippen LogP contribution in [0.1, 0.15) is 6.92 Å². The van der Waals surface area contributed by atoms with Crippen LogP contribution in [-0.2, 0) is 9.59 Å². The molecule has 0 rings (SSSR count). The Bertz CT molecular complexity index is 157. The zero-order valence-corrected chi connectivity index (χ0v) is 6.26. The Morgan fingerprint density at radius 1 is 1.45 bits per heavy atom. The van der Waals surface area contributed by atoms with E-state index in [0.717, 1.165) is 0 Å². The quantitative estimate of drug-likeness (QED) is 0.333. The lowest BCUT2D eigenvalue weighted by Gasteiger charge is -2.07. The highest BCUT2D eigenvalue weighted by Crippen LogP contribution is 1.70. The van der Waals surface area contributed by atoms with E-state index in [1.54, 1.807) is 0 Å². The smallest absolute Gasteiger partial charge is 0.254 e. The van der Waals surface area contributed by atoms with Crippen molar-refractivity contribution < 1.29 is 9.59 Å². The molecule has 6 heteroatoms. The zero-order chi connectivity index (χ0) is 8.85. The van der Waals surface area contributed by atoms with E-state index in [0.29, 0.717) is 0 Å². The van der Waals surface area contributed by atoms with Crippen molar-refractivity contribution in [3.8, 4) is 0 Å². The van der Waals surface area contributed by atoms with Crippen LogP contribution in [-0.4, -0.2) is 24.4 Å². The average molecular weight is 160 g/mol. The van der Waals surface area contributed by atoms with Gasteiger partial charge in [0.25, 0.3) is 11.8 Å². The van der Waals surface area contributed by atoms with E-state index >= 15 is 0 Å². The van der Waals surface area contributed by atoms with Crippen molar-refractivity contribution >= 4 is 11.8 Å². The summed E-state index contributed by atoms with van der Waals surface area (Å²) in [6.07, 6.45) is 0. The molecule has 0 aliphatic carbocycles. The molecule has 0 fully saturated rings. The van der Waals surface area contributed by atoms with Crippen LogP contribution in [0.3, 0.4) is 0 Å². The molecule has 0 spiro atoms. The minimum atomic E-state index is -0.645. The van der Waals surface area contributed by atoms with Crippen LogP contribution in [0.2, 0.25) is 0 Å². The van der Waals surface area contributed by atoms with Gasteiger partial charge in [0.15, 0.2) is 0 Å². The van der Waals surface area contributed by atoms with Crippen LogP contribution in [0.4, 0.5) is 0 Å². The zero-order valence-electron chi connectivity index (χ0n) is 6.26. The number of hydrogen-bond donors (Lipinski definition) is 4. The molecule has 0 aliphatic heterocycles. The second-order valence-electron chi connectivity index (χ2n) is 2.03. The van der Waals surface area contributed by atoms with Gasteiger partial charge in [0, 0.05) is 0 Å². The molecule has 6 N–H and O–H groups in total. The van der Waals surface area contributed by atoms with Gasteiger partial charge in [-0.3, -0.25) is 20.4 Å². The summed E-state index contributed by atoms with van der Waals surface area (Å²) in [6.45, 7) is 1.34. The topological polar surface area (TPSA) is 110 Å². The highest BCUT2D eigenvalue weighted by molar-refractivity contribution is 5.85. The summed E-state index contributed by atoms with van der Waals surface area (Å²) in [5.41, 5.74) is 14.3. The molecule has 0 aromatic rings. The van der Waals surface area contributed by atoms with E-state index in [-0.39, 0.29) is 6.54 Å². The predicted molar refractivity (Wildman–Crippen MR) is 39.0 cm³/mol. The van der Waals surface area contributed by atoms with Crippen molar-refractivity contribution in [3.05, 3.63) is 0 Å². The second kappa shape index (κ2) is 4.64. The second-order valence-corrected chi connectivity index (χ2v) is 2.03. The number of hydrogen-bond acceptors (Lipinski definition) is 4. The molecule has 1 atom stereocenters. The summed E-state index contributed by atoms with van der Waals surface area (Å²) in [6, 6.07) is -0.645. The maximum Gasteiger partial charge on any atom is 0.254 e. The Kier molecular flexibility index (Phi) is 4.16. The molecule has 0 saturated heterocycles. The Labute approximate surface area is 64.3 Å². The summed E-state index contributed by atoms with van der Waals surface area (Å²) in [5.74, 6) is -0.911. The first-order chi connectivity index (χ1) is 5.07. The first kappa shape index (κ1) is 9.86. The van der Waals surface area contributed by atoms with Gasteiger partial charge in [-0.05, 0) is 6.92 Å². The molecule has 0 heterocycles. The number of hydrazine groups is 1. The third-order valence-electron chi connectivity index (χ3n) is 0.924. The van der Waals surface area contributed by atoms with Gasteiger partial charge in [-0.15, -0.1) is 0 Å². The lowest BCUT2D eigenvalue weighted by atomic mass is 10.3. The van der Waals surface area contributed by atoms with Gasteiger partial charge < -0.3 is 11.5 Å².